The zero-order valence-electron chi connectivity index (χ0n) is 15.0. The van der Waals surface area contributed by atoms with Crippen LogP contribution in [0, 0.1) is 0 Å². The van der Waals surface area contributed by atoms with Crippen LogP contribution in [0.4, 0.5) is 0 Å². The van der Waals surface area contributed by atoms with Gasteiger partial charge in [-0.25, -0.2) is 4.98 Å². The monoisotopic (exact) mass is 387 g/mol. The zero-order chi connectivity index (χ0) is 18.7. The van der Waals surface area contributed by atoms with Crippen LogP contribution in [0.2, 0.25) is 0 Å². The maximum Gasteiger partial charge on any atom is 0.272 e. The van der Waals surface area contributed by atoms with Crippen LogP contribution in [0.1, 0.15) is 25.5 Å². The van der Waals surface area contributed by atoms with E-state index in [4.69, 9.17) is 0 Å². The minimum Gasteiger partial charge on any atom is -0.338 e. The summed E-state index contributed by atoms with van der Waals surface area (Å²) in [7, 11) is 1.81. The second kappa shape index (κ2) is 8.05. The molecule has 26 heavy (non-hydrogen) atoms. The van der Waals surface area contributed by atoms with E-state index in [1.54, 1.807) is 9.47 Å². The van der Waals surface area contributed by atoms with Gasteiger partial charge in [-0.3, -0.25) is 14.2 Å². The molecule has 5 nitrogen and oxygen atoms in total. The van der Waals surface area contributed by atoms with Crippen LogP contribution in [-0.2, 0) is 11.3 Å². The Balaban J connectivity index is 1.75. The summed E-state index contributed by atoms with van der Waals surface area (Å²) in [5.41, 5.74) is 1.76. The largest absolute Gasteiger partial charge is 0.338 e. The van der Waals surface area contributed by atoms with Gasteiger partial charge in [0.15, 0.2) is 5.16 Å². The van der Waals surface area contributed by atoms with E-state index < -0.39 is 0 Å². The zero-order valence-corrected chi connectivity index (χ0v) is 16.6. The molecule has 2 heterocycles. The molecule has 0 saturated carbocycles. The maximum absolute atomic E-state index is 12.6. The number of rotatable bonds is 6. The Morgan fingerprint density at radius 3 is 2.73 bits per heavy atom. The lowest BCUT2D eigenvalue weighted by atomic mass is 10.1. The van der Waals surface area contributed by atoms with Crippen molar-refractivity contribution in [3.63, 3.8) is 0 Å². The van der Waals surface area contributed by atoms with E-state index >= 15 is 0 Å². The number of nitrogens with zero attached hydrogens (tertiary/aromatic N) is 3. The number of carbonyl (C=O) groups is 1. The number of amides is 1. The highest BCUT2D eigenvalue weighted by atomic mass is 32.2. The van der Waals surface area contributed by atoms with Gasteiger partial charge in [0.05, 0.1) is 17.3 Å². The summed E-state index contributed by atoms with van der Waals surface area (Å²) in [6, 6.07) is 11.8. The molecule has 0 fully saturated rings. The molecule has 0 spiro atoms. The Morgan fingerprint density at radius 2 is 2.04 bits per heavy atom. The molecule has 2 aromatic heterocycles. The number of hydrogen-bond donors (Lipinski definition) is 0. The fourth-order valence-corrected chi connectivity index (χ4v) is 4.48. The van der Waals surface area contributed by atoms with Gasteiger partial charge in [0, 0.05) is 13.6 Å². The van der Waals surface area contributed by atoms with E-state index in [-0.39, 0.29) is 23.3 Å². The van der Waals surface area contributed by atoms with Crippen molar-refractivity contribution in [1.29, 1.82) is 0 Å². The third kappa shape index (κ3) is 3.68. The number of carbonyl (C=O) groups excluding carboxylic acids is 1. The minimum absolute atomic E-state index is 0.00803. The fraction of sp³-hybridized carbons (Fsp3) is 0.316. The molecule has 136 valence electrons. The highest BCUT2D eigenvalue weighted by Gasteiger charge is 2.19. The summed E-state index contributed by atoms with van der Waals surface area (Å²) in [4.78, 5) is 31.5. The van der Waals surface area contributed by atoms with Crippen LogP contribution in [0.15, 0.2) is 51.7 Å². The Hall–Kier alpha value is -2.12. The number of hydrogen-bond acceptors (Lipinski definition) is 5. The number of thiophene rings is 1. The average molecular weight is 388 g/mol. The average Bonchev–Trinajstić information content (AvgIpc) is 3.14. The number of thioether (sulfide) groups is 1. The maximum atomic E-state index is 12.6. The molecule has 0 radical (unpaired) electrons. The third-order valence-electron chi connectivity index (χ3n) is 4.43. The Morgan fingerprint density at radius 1 is 1.31 bits per heavy atom. The van der Waals surface area contributed by atoms with Crippen LogP contribution in [0.3, 0.4) is 0 Å². The molecule has 7 heteroatoms. The van der Waals surface area contributed by atoms with Crippen molar-refractivity contribution in [1.82, 2.24) is 14.5 Å². The van der Waals surface area contributed by atoms with Crippen LogP contribution < -0.4 is 5.56 Å². The summed E-state index contributed by atoms with van der Waals surface area (Å²) in [5, 5.41) is 2.46. The van der Waals surface area contributed by atoms with Gasteiger partial charge in [-0.15, -0.1) is 11.3 Å². The van der Waals surface area contributed by atoms with Gasteiger partial charge in [0.2, 0.25) is 5.91 Å². The van der Waals surface area contributed by atoms with E-state index in [2.05, 4.69) is 4.98 Å². The smallest absolute Gasteiger partial charge is 0.272 e. The lowest BCUT2D eigenvalue weighted by Crippen LogP contribution is -2.31. The number of fused-ring (bicyclic) bond motifs is 1. The first-order valence-corrected chi connectivity index (χ1v) is 10.3. The predicted molar refractivity (Wildman–Crippen MR) is 108 cm³/mol. The Kier molecular flexibility index (Phi) is 5.78. The summed E-state index contributed by atoms with van der Waals surface area (Å²) >= 11 is 2.72. The van der Waals surface area contributed by atoms with Gasteiger partial charge in [-0.1, -0.05) is 42.1 Å². The molecule has 0 saturated heterocycles. The lowest BCUT2D eigenvalue weighted by molar-refractivity contribution is -0.128. The molecule has 0 aliphatic rings. The van der Waals surface area contributed by atoms with Gasteiger partial charge >= 0.3 is 0 Å². The molecule has 0 N–H and O–H groups in total. The van der Waals surface area contributed by atoms with Gasteiger partial charge in [-0.05, 0) is 30.9 Å². The van der Waals surface area contributed by atoms with Crippen LogP contribution in [0.25, 0.3) is 10.2 Å². The quantitative estimate of drug-likeness (QED) is 0.477. The molecule has 3 rings (SSSR count). The second-order valence-corrected chi connectivity index (χ2v) is 7.82. The normalized spacial score (nSPS) is 12.3. The van der Waals surface area contributed by atoms with Crippen molar-refractivity contribution in [2.45, 2.75) is 31.6 Å². The van der Waals surface area contributed by atoms with Crippen molar-refractivity contribution in [2.24, 2.45) is 0 Å². The van der Waals surface area contributed by atoms with Crippen molar-refractivity contribution in [2.75, 3.05) is 12.8 Å². The topological polar surface area (TPSA) is 55.2 Å². The predicted octanol–water partition coefficient (Wildman–Crippen LogP) is 3.79. The Labute approximate surface area is 160 Å². The SMILES string of the molecule is CCn1c(SCC(=O)N(C)C(C)c2ccccc2)nc2ccsc2c1=O. The molecular formula is C19H21N3O2S2. The highest BCUT2D eigenvalue weighted by Crippen LogP contribution is 2.23. The molecule has 3 aromatic rings. The molecule has 0 aliphatic carbocycles. The van der Waals surface area contributed by atoms with Crippen LogP contribution in [0.5, 0.6) is 0 Å². The third-order valence-corrected chi connectivity index (χ3v) is 6.28. The molecule has 0 bridgehead atoms. The first-order valence-electron chi connectivity index (χ1n) is 8.44. The van der Waals surface area contributed by atoms with E-state index in [1.807, 2.05) is 62.7 Å². The summed E-state index contributed by atoms with van der Waals surface area (Å²) in [6.45, 7) is 4.46. The molecule has 1 atom stereocenters. The minimum atomic E-state index is -0.0338. The lowest BCUT2D eigenvalue weighted by Gasteiger charge is -2.25. The van der Waals surface area contributed by atoms with Crippen molar-refractivity contribution in [3.05, 3.63) is 57.7 Å². The number of aromatic nitrogens is 2. The van der Waals surface area contributed by atoms with Gasteiger partial charge < -0.3 is 4.90 Å². The second-order valence-electron chi connectivity index (χ2n) is 5.96. The van der Waals surface area contributed by atoms with Crippen LogP contribution >= 0.6 is 23.1 Å². The van der Waals surface area contributed by atoms with Gasteiger partial charge in [-0.2, -0.15) is 0 Å². The first kappa shape index (κ1) is 18.7. The summed E-state index contributed by atoms with van der Waals surface area (Å²) in [6.07, 6.45) is 0. The summed E-state index contributed by atoms with van der Waals surface area (Å²) < 4.78 is 2.30. The van der Waals surface area contributed by atoms with E-state index in [0.29, 0.717) is 21.9 Å². The van der Waals surface area contributed by atoms with Crippen molar-refractivity contribution >= 4 is 39.2 Å². The summed E-state index contributed by atoms with van der Waals surface area (Å²) in [5.74, 6) is 0.254. The van der Waals surface area contributed by atoms with E-state index in [9.17, 15) is 9.59 Å². The van der Waals surface area contributed by atoms with E-state index in [1.165, 1.54) is 23.1 Å². The molecule has 1 aromatic carbocycles. The highest BCUT2D eigenvalue weighted by molar-refractivity contribution is 7.99. The molecule has 0 aliphatic heterocycles. The molecule has 1 amide bonds. The standard InChI is InChI=1S/C19H21N3O2S2/c1-4-22-18(24)17-15(10-11-25-17)20-19(22)26-12-16(23)21(3)13(2)14-8-6-5-7-9-14/h5-11,13H,4,12H2,1-3H3. The van der Waals surface area contributed by atoms with E-state index in [0.717, 1.165) is 5.56 Å². The van der Waals surface area contributed by atoms with Gasteiger partial charge in [0.25, 0.3) is 5.56 Å². The molecule has 1 unspecified atom stereocenters. The Bertz CT molecular complexity index is 966. The van der Waals surface area contributed by atoms with Crippen molar-refractivity contribution in [3.8, 4) is 0 Å². The number of benzene rings is 1. The fourth-order valence-electron chi connectivity index (χ4n) is 2.71. The first-order chi connectivity index (χ1) is 12.5. The van der Waals surface area contributed by atoms with Crippen LogP contribution in [-0.4, -0.2) is 33.2 Å². The van der Waals surface area contributed by atoms with Crippen molar-refractivity contribution < 1.29 is 4.79 Å². The van der Waals surface area contributed by atoms with Gasteiger partial charge in [0.1, 0.15) is 4.70 Å². The molecular weight excluding hydrogens is 366 g/mol.